The van der Waals surface area contributed by atoms with E-state index in [1.54, 1.807) is 0 Å². The highest BCUT2D eigenvalue weighted by Gasteiger charge is 2.21. The quantitative estimate of drug-likeness (QED) is 0.0196. The molecule has 348 valence electrons. The Bertz CT molecular complexity index is 1120. The van der Waals surface area contributed by atoms with Gasteiger partial charge in [0.1, 0.15) is 13.2 Å². The predicted molar refractivity (Wildman–Crippen MR) is 246 cm³/mol. The molecule has 9 nitrogen and oxygen atoms in total. The van der Waals surface area contributed by atoms with Crippen LogP contribution in [0, 0.1) is 0 Å². The van der Waals surface area contributed by atoms with E-state index >= 15 is 0 Å². The van der Waals surface area contributed by atoms with Crippen molar-refractivity contribution >= 4 is 17.9 Å². The molecule has 0 N–H and O–H groups in total. The Labute approximate surface area is 368 Å². The summed E-state index contributed by atoms with van der Waals surface area (Å²) in [5.41, 5.74) is 0. The molecular weight excluding hydrogens is 755 g/mol. The molecule has 0 heterocycles. The number of carbonyl (C=O) groups excluding carboxylic acids is 3. The molecule has 0 spiro atoms. The average molecular weight is 846 g/mol. The number of carbonyl (C=O) groups is 3. The fraction of sp³-hybridized carbons (Fsp3) is 0.784. The molecule has 0 rings (SSSR count). The SMILES string of the molecule is CCCCC/C=C\C/C=C\CCCCCCCCCC(=O)OCC(COC(OCC[N+](C)(C)C)C(=O)[O-])OC(=O)CCCCCCCCC/C=C\C/C=C\CCCCCC. The number of nitrogens with zero attached hydrogens (tertiary/aromatic N) is 1. The van der Waals surface area contributed by atoms with E-state index in [9.17, 15) is 19.5 Å². The zero-order valence-corrected chi connectivity index (χ0v) is 39.3. The number of allylic oxidation sites excluding steroid dienone is 8. The van der Waals surface area contributed by atoms with Crippen LogP contribution in [0.3, 0.4) is 0 Å². The summed E-state index contributed by atoms with van der Waals surface area (Å²) in [5, 5.41) is 11.7. The molecule has 0 aromatic heterocycles. The van der Waals surface area contributed by atoms with Gasteiger partial charge in [-0.1, -0.05) is 159 Å². The van der Waals surface area contributed by atoms with Crippen LogP contribution in [0.25, 0.3) is 0 Å². The first-order valence-corrected chi connectivity index (χ1v) is 24.3. The number of hydrogen-bond acceptors (Lipinski definition) is 8. The maximum Gasteiger partial charge on any atom is 0.306 e. The molecule has 0 saturated carbocycles. The van der Waals surface area contributed by atoms with Gasteiger partial charge in [0.2, 0.25) is 0 Å². The van der Waals surface area contributed by atoms with Crippen molar-refractivity contribution in [3.05, 3.63) is 48.6 Å². The lowest BCUT2D eigenvalue weighted by Crippen LogP contribution is -2.44. The van der Waals surface area contributed by atoms with Gasteiger partial charge in [0, 0.05) is 12.8 Å². The number of ether oxygens (including phenoxy) is 4. The Morgan fingerprint density at radius 3 is 1.35 bits per heavy atom. The van der Waals surface area contributed by atoms with E-state index in [-0.39, 0.29) is 38.6 Å². The highest BCUT2D eigenvalue weighted by atomic mass is 16.7. The van der Waals surface area contributed by atoms with Gasteiger partial charge in [-0.3, -0.25) is 9.59 Å². The molecule has 0 fully saturated rings. The first kappa shape index (κ1) is 57.2. The van der Waals surface area contributed by atoms with Crippen LogP contribution in [0.5, 0.6) is 0 Å². The normalized spacial score (nSPS) is 13.3. The molecule has 60 heavy (non-hydrogen) atoms. The third kappa shape index (κ3) is 43.3. The summed E-state index contributed by atoms with van der Waals surface area (Å²) >= 11 is 0. The lowest BCUT2D eigenvalue weighted by atomic mass is 10.1. The van der Waals surface area contributed by atoms with E-state index in [1.807, 2.05) is 21.1 Å². The van der Waals surface area contributed by atoms with Gasteiger partial charge >= 0.3 is 11.9 Å². The van der Waals surface area contributed by atoms with Crippen molar-refractivity contribution in [2.24, 2.45) is 0 Å². The van der Waals surface area contributed by atoms with E-state index in [0.29, 0.717) is 17.4 Å². The van der Waals surface area contributed by atoms with Crippen LogP contribution in [-0.2, 0) is 33.3 Å². The Balaban J connectivity index is 4.42. The Morgan fingerprint density at radius 1 is 0.500 bits per heavy atom. The number of carboxylic acid groups (broad SMARTS) is 1. The molecule has 2 unspecified atom stereocenters. The number of likely N-dealkylation sites (N-methyl/N-ethyl adjacent to an activating group) is 1. The van der Waals surface area contributed by atoms with E-state index in [2.05, 4.69) is 62.5 Å². The summed E-state index contributed by atoms with van der Waals surface area (Å²) in [6, 6.07) is 0. The van der Waals surface area contributed by atoms with Crippen molar-refractivity contribution < 1.29 is 42.9 Å². The van der Waals surface area contributed by atoms with Gasteiger partial charge in [-0.15, -0.1) is 0 Å². The standard InChI is InChI=1S/C51H91NO8/c1-6-8-10-12-14-16-18-20-22-24-26-28-30-32-34-36-38-40-42-49(54)60-47(46-59-51(50(55)56)57-44-43-52(3,4)5)45-58-48(53)41-39-37-35-33-31-29-27-25-23-21-19-17-15-13-11-9-7-2/h15-18,21-24,47,51H,6-14,19-20,25-46H2,1-5H3/b17-15-,18-16-,23-21-,24-22-. The number of rotatable bonds is 44. The molecule has 0 radical (unpaired) electrons. The first-order valence-electron chi connectivity index (χ1n) is 24.3. The Hall–Kier alpha value is -2.75. The van der Waals surface area contributed by atoms with Gasteiger partial charge in [0.05, 0.1) is 40.3 Å². The molecule has 0 amide bonds. The summed E-state index contributed by atoms with van der Waals surface area (Å²) in [5.74, 6) is -2.31. The molecule has 0 aromatic carbocycles. The Kier molecular flexibility index (Phi) is 41.0. The van der Waals surface area contributed by atoms with Gasteiger partial charge in [0.25, 0.3) is 0 Å². The van der Waals surface area contributed by atoms with E-state index in [0.717, 1.165) is 70.6 Å². The third-order valence-corrected chi connectivity index (χ3v) is 10.3. The number of unbranched alkanes of at least 4 members (excludes halogenated alkanes) is 21. The van der Waals surface area contributed by atoms with Crippen LogP contribution in [0.15, 0.2) is 48.6 Å². The van der Waals surface area contributed by atoms with Crippen molar-refractivity contribution in [1.29, 1.82) is 0 Å². The van der Waals surface area contributed by atoms with Crippen LogP contribution in [0.2, 0.25) is 0 Å². The topological polar surface area (TPSA) is 111 Å². The molecule has 0 saturated heterocycles. The monoisotopic (exact) mass is 846 g/mol. The second-order valence-electron chi connectivity index (χ2n) is 17.4. The lowest BCUT2D eigenvalue weighted by molar-refractivity contribution is -0.870. The van der Waals surface area contributed by atoms with Crippen molar-refractivity contribution in [2.45, 2.75) is 212 Å². The maximum atomic E-state index is 12.8. The fourth-order valence-corrected chi connectivity index (χ4v) is 6.48. The first-order chi connectivity index (χ1) is 29.1. The summed E-state index contributed by atoms with van der Waals surface area (Å²) in [4.78, 5) is 37.1. The van der Waals surface area contributed by atoms with Crippen LogP contribution < -0.4 is 5.11 Å². The summed E-state index contributed by atoms with van der Waals surface area (Å²) in [7, 11) is 5.90. The van der Waals surface area contributed by atoms with Gasteiger partial charge in [-0.25, -0.2) is 0 Å². The highest BCUT2D eigenvalue weighted by molar-refractivity contribution is 5.70. The molecular formula is C51H91NO8. The molecule has 0 bridgehead atoms. The molecule has 0 aliphatic rings. The van der Waals surface area contributed by atoms with Gasteiger partial charge in [0.15, 0.2) is 12.4 Å². The van der Waals surface area contributed by atoms with Crippen molar-refractivity contribution in [3.8, 4) is 0 Å². The molecule has 2 atom stereocenters. The van der Waals surface area contributed by atoms with Crippen LogP contribution in [-0.4, -0.2) is 82.3 Å². The van der Waals surface area contributed by atoms with Crippen molar-refractivity contribution in [1.82, 2.24) is 0 Å². The van der Waals surface area contributed by atoms with Crippen LogP contribution in [0.4, 0.5) is 0 Å². The smallest absolute Gasteiger partial charge is 0.306 e. The lowest BCUT2D eigenvalue weighted by Gasteiger charge is -2.26. The summed E-state index contributed by atoms with van der Waals surface area (Å²) in [6.07, 6.45) is 47.0. The largest absolute Gasteiger partial charge is 0.545 e. The highest BCUT2D eigenvalue weighted by Crippen LogP contribution is 2.14. The van der Waals surface area contributed by atoms with E-state index < -0.39 is 24.3 Å². The third-order valence-electron chi connectivity index (χ3n) is 10.3. The van der Waals surface area contributed by atoms with E-state index in [1.165, 1.54) is 96.3 Å². The summed E-state index contributed by atoms with van der Waals surface area (Å²) in [6.45, 7) is 4.68. The van der Waals surface area contributed by atoms with E-state index in [4.69, 9.17) is 18.9 Å². The van der Waals surface area contributed by atoms with Crippen molar-refractivity contribution in [3.63, 3.8) is 0 Å². The molecule has 0 aliphatic carbocycles. The minimum absolute atomic E-state index is 0.143. The van der Waals surface area contributed by atoms with Crippen molar-refractivity contribution in [2.75, 3.05) is 47.5 Å². The second kappa shape index (κ2) is 42.9. The zero-order valence-electron chi connectivity index (χ0n) is 39.3. The molecule has 0 aliphatic heterocycles. The van der Waals surface area contributed by atoms with Crippen LogP contribution >= 0.6 is 0 Å². The minimum atomic E-state index is -1.62. The average Bonchev–Trinajstić information content (AvgIpc) is 3.21. The number of hydrogen-bond donors (Lipinski definition) is 0. The number of carboxylic acids is 1. The maximum absolute atomic E-state index is 12.8. The number of esters is 2. The van der Waals surface area contributed by atoms with Crippen LogP contribution in [0.1, 0.15) is 200 Å². The minimum Gasteiger partial charge on any atom is -0.545 e. The summed E-state index contributed by atoms with van der Waals surface area (Å²) < 4.78 is 22.6. The fourth-order valence-electron chi connectivity index (χ4n) is 6.48. The number of quaternary nitrogens is 1. The zero-order chi connectivity index (χ0) is 44.2. The molecule has 9 heteroatoms. The predicted octanol–water partition coefficient (Wildman–Crippen LogP) is 11.8. The van der Waals surface area contributed by atoms with Gasteiger partial charge < -0.3 is 33.3 Å². The second-order valence-corrected chi connectivity index (χ2v) is 17.4. The van der Waals surface area contributed by atoms with Gasteiger partial charge in [-0.2, -0.15) is 0 Å². The molecule has 0 aromatic rings. The van der Waals surface area contributed by atoms with Gasteiger partial charge in [-0.05, 0) is 77.0 Å². The number of aliphatic carboxylic acids is 1. The Morgan fingerprint density at radius 2 is 0.900 bits per heavy atom.